The van der Waals surface area contributed by atoms with Gasteiger partial charge in [-0.1, -0.05) is 0 Å². The Kier molecular flexibility index (Phi) is 5.94. The van der Waals surface area contributed by atoms with Gasteiger partial charge in [0.25, 0.3) is 0 Å². The summed E-state index contributed by atoms with van der Waals surface area (Å²) in [7, 11) is 0. The molecule has 10 heteroatoms. The van der Waals surface area contributed by atoms with E-state index in [1.54, 1.807) is 37.1 Å². The summed E-state index contributed by atoms with van der Waals surface area (Å²) in [6, 6.07) is 4.44. The van der Waals surface area contributed by atoms with Crippen LogP contribution in [0.2, 0.25) is 0 Å². The molecule has 0 aliphatic carbocycles. The van der Waals surface area contributed by atoms with Crippen molar-refractivity contribution in [3.63, 3.8) is 0 Å². The van der Waals surface area contributed by atoms with Gasteiger partial charge in [0, 0.05) is 12.8 Å². The predicted octanol–water partition coefficient (Wildman–Crippen LogP) is 2.58. The van der Waals surface area contributed by atoms with Crippen molar-refractivity contribution in [2.45, 2.75) is 44.9 Å². The van der Waals surface area contributed by atoms with Crippen LogP contribution in [-0.2, 0) is 15.7 Å². The van der Waals surface area contributed by atoms with Gasteiger partial charge >= 0.3 is 6.18 Å². The number of alkyl halides is 3. The number of anilines is 1. The molecule has 0 amide bonds. The van der Waals surface area contributed by atoms with Gasteiger partial charge in [-0.3, -0.25) is 0 Å². The first-order valence-electron chi connectivity index (χ1n) is 10.6. The lowest BCUT2D eigenvalue weighted by Crippen LogP contribution is -2.49. The molecule has 2 atom stereocenters. The Labute approximate surface area is 193 Å². The van der Waals surface area contributed by atoms with E-state index in [0.29, 0.717) is 47.5 Å². The smallest absolute Gasteiger partial charge is 0.379 e. The average molecular weight is 469 g/mol. The number of hydrogen-bond acceptors (Lipinski definition) is 7. The molecule has 0 bridgehead atoms. The van der Waals surface area contributed by atoms with Crippen molar-refractivity contribution in [2.24, 2.45) is 0 Å². The van der Waals surface area contributed by atoms with Crippen LogP contribution in [0.3, 0.4) is 0 Å². The second-order valence-electron chi connectivity index (χ2n) is 8.67. The van der Waals surface area contributed by atoms with Gasteiger partial charge in [0.05, 0.1) is 46.0 Å². The molecule has 176 valence electrons. The zero-order chi connectivity index (χ0) is 24.7. The van der Waals surface area contributed by atoms with Crippen molar-refractivity contribution in [3.8, 4) is 6.07 Å². The molecule has 2 unspecified atom stereocenters. The first-order chi connectivity index (χ1) is 16.0. The summed E-state index contributed by atoms with van der Waals surface area (Å²) in [6.45, 7) is 6.33. The molecule has 1 fully saturated rings. The van der Waals surface area contributed by atoms with Crippen LogP contribution in [0.4, 0.5) is 19.0 Å². The molecule has 1 aromatic carbocycles. The quantitative estimate of drug-likeness (QED) is 0.689. The van der Waals surface area contributed by atoms with Crippen molar-refractivity contribution in [2.75, 3.05) is 18.5 Å². The number of aryl methyl sites for hydroxylation is 1. The Bertz CT molecular complexity index is 1350. The molecule has 0 saturated carbocycles. The first kappa shape index (κ1) is 23.5. The molecule has 34 heavy (non-hydrogen) atoms. The van der Waals surface area contributed by atoms with Crippen LogP contribution in [0.15, 0.2) is 23.9 Å². The maximum absolute atomic E-state index is 13.3. The van der Waals surface area contributed by atoms with Gasteiger partial charge in [-0.25, -0.2) is 14.8 Å². The summed E-state index contributed by atoms with van der Waals surface area (Å²) in [6.07, 6.45) is -0.503. The van der Waals surface area contributed by atoms with Gasteiger partial charge < -0.3 is 15.0 Å². The third-order valence-corrected chi connectivity index (χ3v) is 6.03. The molecule has 7 nitrogen and oxygen atoms in total. The average Bonchev–Trinajstić information content (AvgIpc) is 3.24. The minimum absolute atomic E-state index is 0.0830. The van der Waals surface area contributed by atoms with Crippen LogP contribution in [-0.4, -0.2) is 39.6 Å². The fourth-order valence-electron chi connectivity index (χ4n) is 4.14. The molecule has 0 radical (unpaired) electrons. The normalized spacial score (nSPS) is 20.5. The van der Waals surface area contributed by atoms with Gasteiger partial charge in [-0.15, -0.1) is 0 Å². The summed E-state index contributed by atoms with van der Waals surface area (Å²) < 4.78 is 45.6. The lowest BCUT2D eigenvalue weighted by Gasteiger charge is -2.36. The molecule has 3 heterocycles. The van der Waals surface area contributed by atoms with E-state index in [4.69, 9.17) is 4.74 Å². The lowest BCUT2D eigenvalue weighted by molar-refractivity contribution is -0.137. The van der Waals surface area contributed by atoms with Crippen LogP contribution in [0.5, 0.6) is 0 Å². The maximum atomic E-state index is 13.3. The van der Waals surface area contributed by atoms with Crippen molar-refractivity contribution < 1.29 is 22.7 Å². The second-order valence-corrected chi connectivity index (χ2v) is 8.67. The maximum Gasteiger partial charge on any atom is 0.416 e. The summed E-state index contributed by atoms with van der Waals surface area (Å²) in [5, 5.41) is 13.5. The number of benzene rings is 1. The molecule has 0 spiro atoms. The standard InChI is InChI=1S/C24H22F3N5O2/c1-14(17-6-16(10-28)7-18(8-17)24(25,26)27)29-22-20-11-32(23(3)4-5-34-13-23)19(12-33)9-21(20)30-15(2)31-22/h6-9,11,14H,4-5,13H2,1-3H3,(H,29,30,31). The Morgan fingerprint density at radius 2 is 2.06 bits per heavy atom. The molecule has 1 N–H and O–H groups in total. The summed E-state index contributed by atoms with van der Waals surface area (Å²) in [5.74, 6) is 2.80. The van der Waals surface area contributed by atoms with Crippen LogP contribution in [0.25, 0.3) is 12.3 Å². The first-order valence-corrected chi connectivity index (χ1v) is 10.6. The number of rotatable bonds is 4. The third-order valence-electron chi connectivity index (χ3n) is 6.03. The number of fused-ring (bicyclic) bond motifs is 1. The zero-order valence-electron chi connectivity index (χ0n) is 18.8. The molecule has 1 saturated heterocycles. The molecule has 4 rings (SSSR count). The molecule has 2 aliphatic heterocycles. The largest absolute Gasteiger partial charge is 0.416 e. The highest BCUT2D eigenvalue weighted by Crippen LogP contribution is 2.33. The molecular weight excluding hydrogens is 447 g/mol. The van der Waals surface area contributed by atoms with Crippen LogP contribution in [0, 0.1) is 18.3 Å². The monoisotopic (exact) mass is 469 g/mol. The highest BCUT2D eigenvalue weighted by Gasteiger charge is 2.37. The number of nitrogens with one attached hydrogen (secondary N) is 1. The van der Waals surface area contributed by atoms with E-state index >= 15 is 0 Å². The van der Waals surface area contributed by atoms with Crippen molar-refractivity contribution >= 4 is 24.0 Å². The lowest BCUT2D eigenvalue weighted by atomic mass is 9.97. The summed E-state index contributed by atoms with van der Waals surface area (Å²) >= 11 is 0. The number of carbonyl (C=O) groups excluding carboxylic acids is 1. The van der Waals surface area contributed by atoms with E-state index in [2.05, 4.69) is 15.3 Å². The fourth-order valence-corrected chi connectivity index (χ4v) is 4.14. The van der Waals surface area contributed by atoms with E-state index < -0.39 is 23.3 Å². The highest BCUT2D eigenvalue weighted by atomic mass is 19.4. The van der Waals surface area contributed by atoms with Gasteiger partial charge in [0.15, 0.2) is 5.94 Å². The number of halogens is 3. The van der Waals surface area contributed by atoms with E-state index in [0.717, 1.165) is 12.1 Å². The molecule has 2 aliphatic rings. The second kappa shape index (κ2) is 8.60. The highest BCUT2D eigenvalue weighted by molar-refractivity contribution is 5.72. The third kappa shape index (κ3) is 4.40. The number of hydrogen-bond donors (Lipinski definition) is 1. The Morgan fingerprint density at radius 3 is 2.68 bits per heavy atom. The van der Waals surface area contributed by atoms with E-state index in [1.807, 2.05) is 12.9 Å². The minimum Gasteiger partial charge on any atom is -0.379 e. The molecular formula is C24H22F3N5O2. The minimum atomic E-state index is -4.58. The summed E-state index contributed by atoms with van der Waals surface area (Å²) in [5.41, 5.74) is -0.832. The van der Waals surface area contributed by atoms with Gasteiger partial charge in [0.2, 0.25) is 0 Å². The topological polar surface area (TPSA) is 91.1 Å². The van der Waals surface area contributed by atoms with Crippen molar-refractivity contribution in [3.05, 3.63) is 57.0 Å². The van der Waals surface area contributed by atoms with Crippen LogP contribution >= 0.6 is 0 Å². The van der Waals surface area contributed by atoms with Gasteiger partial charge in [-0.2, -0.15) is 18.4 Å². The SMILES string of the molecule is Cc1nc(NC(C)c2cc(C#N)cc(C(F)(F)F)c2)c2c(n1)=CC(=C=O)N(C1(C)CCOC1)C=2. The number of ether oxygens (including phenoxy) is 1. The van der Waals surface area contributed by atoms with Crippen molar-refractivity contribution in [1.82, 2.24) is 14.9 Å². The molecule has 1 aromatic heterocycles. The zero-order valence-corrected chi connectivity index (χ0v) is 18.8. The van der Waals surface area contributed by atoms with Crippen LogP contribution in [0.1, 0.15) is 48.8 Å². The fraction of sp³-hybridized carbons (Fsp3) is 0.375. The number of allylic oxidation sites excluding steroid dienone is 1. The number of nitriles is 1. The van der Waals surface area contributed by atoms with E-state index in [9.17, 15) is 23.2 Å². The van der Waals surface area contributed by atoms with E-state index in [1.165, 1.54) is 6.07 Å². The molecule has 2 aromatic rings. The van der Waals surface area contributed by atoms with E-state index in [-0.39, 0.29) is 11.1 Å². The van der Waals surface area contributed by atoms with Crippen molar-refractivity contribution in [1.29, 1.82) is 5.26 Å². The Hall–Kier alpha value is -3.67. The number of aromatic nitrogens is 2. The number of nitrogens with zero attached hydrogens (tertiary/aromatic N) is 4. The Morgan fingerprint density at radius 1 is 1.29 bits per heavy atom. The predicted molar refractivity (Wildman–Crippen MR) is 118 cm³/mol. The van der Waals surface area contributed by atoms with Gasteiger partial charge in [-0.05, 0) is 57.0 Å². The van der Waals surface area contributed by atoms with Gasteiger partial charge in [0.1, 0.15) is 17.3 Å². The Balaban J connectivity index is 1.79. The van der Waals surface area contributed by atoms with Crippen LogP contribution < -0.4 is 15.9 Å². The summed E-state index contributed by atoms with van der Waals surface area (Å²) in [4.78, 5) is 22.4.